The van der Waals surface area contributed by atoms with Crippen LogP contribution in [0, 0.1) is 0 Å². The lowest BCUT2D eigenvalue weighted by Gasteiger charge is -2.12. The summed E-state index contributed by atoms with van der Waals surface area (Å²) in [6.45, 7) is 4.70. The molecule has 2 aromatic carbocycles. The molecule has 0 atom stereocenters. The van der Waals surface area contributed by atoms with Crippen molar-refractivity contribution in [2.45, 2.75) is 19.8 Å². The number of nitrogens with one attached hydrogen (secondary N) is 2. The summed E-state index contributed by atoms with van der Waals surface area (Å²) in [5, 5.41) is 7.89. The second kappa shape index (κ2) is 9.28. The minimum Gasteiger partial charge on any atom is -0.454 e. The van der Waals surface area contributed by atoms with Crippen molar-refractivity contribution in [3.05, 3.63) is 65.9 Å². The Hall–Kier alpha value is -3.28. The van der Waals surface area contributed by atoms with Gasteiger partial charge in [0.1, 0.15) is 0 Å². The zero-order chi connectivity index (χ0) is 19.9. The third kappa shape index (κ3) is 4.77. The number of guanidine groups is 1. The Morgan fingerprint density at radius 2 is 1.93 bits per heavy atom. The average molecular weight is 390 g/mol. The highest BCUT2D eigenvalue weighted by Gasteiger charge is 2.13. The van der Waals surface area contributed by atoms with Crippen LogP contribution in [0.25, 0.3) is 10.9 Å². The Balaban J connectivity index is 1.32. The monoisotopic (exact) mass is 390 g/mol. The molecule has 0 spiro atoms. The maximum absolute atomic E-state index is 5.45. The molecule has 0 unspecified atom stereocenters. The van der Waals surface area contributed by atoms with E-state index in [0.717, 1.165) is 48.9 Å². The number of aliphatic imine (C=N–C) groups is 1. The van der Waals surface area contributed by atoms with Gasteiger partial charge in [-0.25, -0.2) is 0 Å². The number of para-hydroxylation sites is 1. The van der Waals surface area contributed by atoms with Crippen molar-refractivity contribution < 1.29 is 9.47 Å². The van der Waals surface area contributed by atoms with Crippen molar-refractivity contribution in [3.8, 4) is 11.5 Å². The van der Waals surface area contributed by atoms with Crippen molar-refractivity contribution in [1.29, 1.82) is 0 Å². The van der Waals surface area contributed by atoms with Crippen molar-refractivity contribution in [3.63, 3.8) is 0 Å². The van der Waals surface area contributed by atoms with E-state index in [0.29, 0.717) is 13.3 Å². The van der Waals surface area contributed by atoms with E-state index in [1.807, 2.05) is 24.4 Å². The first kappa shape index (κ1) is 19.1. The summed E-state index contributed by atoms with van der Waals surface area (Å²) in [5.41, 5.74) is 3.49. The van der Waals surface area contributed by atoms with Gasteiger partial charge in [-0.3, -0.25) is 9.98 Å². The molecule has 29 heavy (non-hydrogen) atoms. The second-order valence-electron chi connectivity index (χ2n) is 6.87. The van der Waals surface area contributed by atoms with Crippen LogP contribution < -0.4 is 20.1 Å². The topological polar surface area (TPSA) is 67.8 Å². The van der Waals surface area contributed by atoms with Crippen LogP contribution in [-0.2, 0) is 12.8 Å². The normalized spacial score (nSPS) is 12.9. The van der Waals surface area contributed by atoms with Crippen LogP contribution >= 0.6 is 0 Å². The molecule has 2 heterocycles. The SMILES string of the molecule is CCNC(=NCCc1cccc2cccnc12)NCCc1ccc2c(c1)OCO2. The molecule has 150 valence electrons. The maximum atomic E-state index is 5.45. The predicted molar refractivity (Wildman–Crippen MR) is 116 cm³/mol. The van der Waals surface area contributed by atoms with Crippen LogP contribution in [0.4, 0.5) is 0 Å². The molecule has 1 aliphatic heterocycles. The second-order valence-corrected chi connectivity index (χ2v) is 6.87. The van der Waals surface area contributed by atoms with Crippen LogP contribution in [-0.4, -0.2) is 37.4 Å². The smallest absolute Gasteiger partial charge is 0.231 e. The van der Waals surface area contributed by atoms with Gasteiger partial charge in [-0.15, -0.1) is 0 Å². The predicted octanol–water partition coefficient (Wildman–Crippen LogP) is 3.30. The van der Waals surface area contributed by atoms with E-state index >= 15 is 0 Å². The molecule has 0 saturated carbocycles. The lowest BCUT2D eigenvalue weighted by atomic mass is 10.1. The molecule has 3 aromatic rings. The third-order valence-electron chi connectivity index (χ3n) is 4.85. The van der Waals surface area contributed by atoms with Crippen LogP contribution in [0.3, 0.4) is 0 Å². The van der Waals surface area contributed by atoms with Gasteiger partial charge in [0.2, 0.25) is 6.79 Å². The minimum atomic E-state index is 0.306. The number of ether oxygens (including phenoxy) is 2. The summed E-state index contributed by atoms with van der Waals surface area (Å²) < 4.78 is 10.8. The number of nitrogens with zero attached hydrogens (tertiary/aromatic N) is 2. The summed E-state index contributed by atoms with van der Waals surface area (Å²) in [6.07, 6.45) is 3.58. The van der Waals surface area contributed by atoms with Crippen LogP contribution in [0.1, 0.15) is 18.1 Å². The number of benzene rings is 2. The molecular formula is C23H26N4O2. The summed E-state index contributed by atoms with van der Waals surface area (Å²) >= 11 is 0. The van der Waals surface area contributed by atoms with Gasteiger partial charge in [0.15, 0.2) is 17.5 Å². The van der Waals surface area contributed by atoms with Gasteiger partial charge in [-0.1, -0.05) is 30.3 Å². The fraction of sp³-hybridized carbons (Fsp3) is 0.304. The molecule has 6 nitrogen and oxygen atoms in total. The van der Waals surface area contributed by atoms with E-state index in [1.165, 1.54) is 16.5 Å². The standard InChI is InChI=1S/C23H26N4O2/c1-2-24-23(26-13-10-17-8-9-20-21(15-17)29-16-28-20)27-14-11-19-6-3-5-18-7-4-12-25-22(18)19/h3-9,12,15H,2,10-11,13-14,16H2,1H3,(H2,24,26,27). The number of pyridine rings is 1. The molecular weight excluding hydrogens is 364 g/mol. The van der Waals surface area contributed by atoms with Gasteiger partial charge >= 0.3 is 0 Å². The summed E-state index contributed by atoms with van der Waals surface area (Å²) in [4.78, 5) is 9.25. The highest BCUT2D eigenvalue weighted by Crippen LogP contribution is 2.32. The molecule has 1 aromatic heterocycles. The van der Waals surface area contributed by atoms with Gasteiger partial charge in [-0.2, -0.15) is 0 Å². The first-order valence-corrected chi connectivity index (χ1v) is 10.1. The third-order valence-corrected chi connectivity index (χ3v) is 4.85. The zero-order valence-electron chi connectivity index (χ0n) is 16.6. The fourth-order valence-corrected chi connectivity index (χ4v) is 3.42. The number of rotatable bonds is 7. The molecule has 0 aliphatic carbocycles. The lowest BCUT2D eigenvalue weighted by molar-refractivity contribution is 0.174. The van der Waals surface area contributed by atoms with Crippen LogP contribution in [0.5, 0.6) is 11.5 Å². The van der Waals surface area contributed by atoms with E-state index in [1.54, 1.807) is 0 Å². The highest BCUT2D eigenvalue weighted by atomic mass is 16.7. The van der Waals surface area contributed by atoms with Crippen molar-refractivity contribution in [2.75, 3.05) is 26.4 Å². The largest absolute Gasteiger partial charge is 0.454 e. The summed E-state index contributed by atoms with van der Waals surface area (Å²) in [5.74, 6) is 2.48. The molecule has 6 heteroatoms. The molecule has 0 amide bonds. The molecule has 2 N–H and O–H groups in total. The van der Waals surface area contributed by atoms with Crippen molar-refractivity contribution >= 4 is 16.9 Å². The molecule has 0 radical (unpaired) electrons. The number of hydrogen-bond donors (Lipinski definition) is 2. The van der Waals surface area contributed by atoms with Gasteiger partial charge in [-0.05, 0) is 49.1 Å². The first-order chi connectivity index (χ1) is 14.3. The maximum Gasteiger partial charge on any atom is 0.231 e. The van der Waals surface area contributed by atoms with Gasteiger partial charge < -0.3 is 20.1 Å². The molecule has 0 fully saturated rings. The number of aromatic nitrogens is 1. The Morgan fingerprint density at radius 1 is 1.03 bits per heavy atom. The number of hydrogen-bond acceptors (Lipinski definition) is 4. The van der Waals surface area contributed by atoms with E-state index in [-0.39, 0.29) is 0 Å². The fourth-order valence-electron chi connectivity index (χ4n) is 3.42. The van der Waals surface area contributed by atoms with Gasteiger partial charge in [0.25, 0.3) is 0 Å². The number of fused-ring (bicyclic) bond motifs is 2. The van der Waals surface area contributed by atoms with Crippen LogP contribution in [0.2, 0.25) is 0 Å². The minimum absolute atomic E-state index is 0.306. The molecule has 0 saturated heterocycles. The lowest BCUT2D eigenvalue weighted by Crippen LogP contribution is -2.38. The zero-order valence-corrected chi connectivity index (χ0v) is 16.6. The quantitative estimate of drug-likeness (QED) is 0.479. The van der Waals surface area contributed by atoms with E-state index in [2.05, 4.69) is 52.9 Å². The Kier molecular flexibility index (Phi) is 6.10. The van der Waals surface area contributed by atoms with E-state index in [9.17, 15) is 0 Å². The molecule has 4 rings (SSSR count). The Bertz CT molecular complexity index is 998. The van der Waals surface area contributed by atoms with E-state index in [4.69, 9.17) is 14.5 Å². The summed E-state index contributed by atoms with van der Waals surface area (Å²) in [7, 11) is 0. The molecule has 1 aliphatic rings. The van der Waals surface area contributed by atoms with Crippen molar-refractivity contribution in [1.82, 2.24) is 15.6 Å². The van der Waals surface area contributed by atoms with Crippen molar-refractivity contribution in [2.24, 2.45) is 4.99 Å². The van der Waals surface area contributed by atoms with E-state index < -0.39 is 0 Å². The highest BCUT2D eigenvalue weighted by molar-refractivity contribution is 5.82. The Morgan fingerprint density at radius 3 is 2.86 bits per heavy atom. The Labute approximate surface area is 171 Å². The summed E-state index contributed by atoms with van der Waals surface area (Å²) in [6, 6.07) is 16.5. The average Bonchev–Trinajstić information content (AvgIpc) is 3.22. The van der Waals surface area contributed by atoms with Gasteiger partial charge in [0.05, 0.1) is 5.52 Å². The van der Waals surface area contributed by atoms with Crippen LogP contribution in [0.15, 0.2) is 59.7 Å². The first-order valence-electron chi connectivity index (χ1n) is 10.1. The van der Waals surface area contributed by atoms with Gasteiger partial charge in [0, 0.05) is 31.2 Å². The molecule has 0 bridgehead atoms.